The average molecular weight is 283 g/mol. The van der Waals surface area contributed by atoms with Crippen molar-refractivity contribution in [3.8, 4) is 18.1 Å². The molecule has 6 nitrogen and oxygen atoms in total. The van der Waals surface area contributed by atoms with Crippen LogP contribution in [-0.4, -0.2) is 44.5 Å². The Kier molecular flexibility index (Phi) is 4.53. The third-order valence-electron chi connectivity index (χ3n) is 2.27. The number of sulfonamides is 1. The van der Waals surface area contributed by atoms with E-state index in [-0.39, 0.29) is 22.8 Å². The highest BCUT2D eigenvalue weighted by Gasteiger charge is 2.21. The summed E-state index contributed by atoms with van der Waals surface area (Å²) >= 11 is 0. The third-order valence-corrected chi connectivity index (χ3v) is 4.08. The molecule has 0 bridgehead atoms. The summed E-state index contributed by atoms with van der Waals surface area (Å²) < 4.78 is 29.8. The largest absolute Gasteiger partial charge is 0.480 e. The van der Waals surface area contributed by atoms with Crippen molar-refractivity contribution >= 4 is 16.0 Å². The van der Waals surface area contributed by atoms with Crippen molar-refractivity contribution in [1.82, 2.24) is 4.31 Å². The van der Waals surface area contributed by atoms with E-state index in [2.05, 4.69) is 5.92 Å². The summed E-state index contributed by atoms with van der Waals surface area (Å²) in [5, 5.41) is 9.05. The molecule has 0 aliphatic rings. The molecule has 0 aromatic heterocycles. The van der Waals surface area contributed by atoms with Crippen molar-refractivity contribution in [3.05, 3.63) is 23.8 Å². The Morgan fingerprint density at radius 1 is 1.47 bits per heavy atom. The van der Waals surface area contributed by atoms with Crippen molar-refractivity contribution < 1.29 is 23.1 Å². The van der Waals surface area contributed by atoms with Crippen LogP contribution in [0.1, 0.15) is 10.4 Å². The molecule has 0 aliphatic heterocycles. The minimum absolute atomic E-state index is 0.0307. The van der Waals surface area contributed by atoms with Gasteiger partial charge in [-0.15, -0.1) is 6.42 Å². The van der Waals surface area contributed by atoms with Crippen LogP contribution in [0.4, 0.5) is 0 Å². The van der Waals surface area contributed by atoms with Gasteiger partial charge < -0.3 is 9.84 Å². The Morgan fingerprint density at radius 3 is 2.58 bits per heavy atom. The van der Waals surface area contributed by atoms with E-state index in [1.807, 2.05) is 0 Å². The van der Waals surface area contributed by atoms with Crippen molar-refractivity contribution in [2.24, 2.45) is 0 Å². The van der Waals surface area contributed by atoms with Gasteiger partial charge in [-0.1, -0.05) is 5.92 Å². The number of carboxylic acids is 1. The summed E-state index contributed by atoms with van der Waals surface area (Å²) in [7, 11) is -0.977. The molecule has 0 atom stereocenters. The summed E-state index contributed by atoms with van der Waals surface area (Å²) in [6.45, 7) is -0.0972. The molecule has 0 heterocycles. The number of carboxylic acid groups (broad SMARTS) is 1. The molecule has 0 aliphatic carbocycles. The number of hydrogen-bond donors (Lipinski definition) is 1. The van der Waals surface area contributed by atoms with Crippen molar-refractivity contribution in [2.75, 3.05) is 20.7 Å². The second-order valence-corrected chi connectivity index (χ2v) is 5.90. The third kappa shape index (κ3) is 3.24. The van der Waals surface area contributed by atoms with Crippen LogP contribution >= 0.6 is 0 Å². The Bertz CT molecular complexity index is 628. The second-order valence-electron chi connectivity index (χ2n) is 3.74. The summed E-state index contributed by atoms with van der Waals surface area (Å²) in [6, 6.07) is 3.59. The summed E-state index contributed by atoms with van der Waals surface area (Å²) in [4.78, 5) is 11.0. The highest BCUT2D eigenvalue weighted by Crippen LogP contribution is 2.24. The number of carbonyl (C=O) groups is 1. The molecule has 19 heavy (non-hydrogen) atoms. The molecule has 102 valence electrons. The van der Waals surface area contributed by atoms with E-state index < -0.39 is 16.0 Å². The zero-order valence-electron chi connectivity index (χ0n) is 10.5. The SMILES string of the molecule is C#CCOc1ccc(S(=O)(=O)N(C)C)cc1C(=O)O. The molecule has 0 radical (unpaired) electrons. The lowest BCUT2D eigenvalue weighted by molar-refractivity contribution is 0.0692. The lowest BCUT2D eigenvalue weighted by Gasteiger charge is -2.13. The van der Waals surface area contributed by atoms with Crippen molar-refractivity contribution in [3.63, 3.8) is 0 Å². The molecule has 1 rings (SSSR count). The quantitative estimate of drug-likeness (QED) is 0.802. The van der Waals surface area contributed by atoms with Crippen LogP contribution in [-0.2, 0) is 10.0 Å². The van der Waals surface area contributed by atoms with Gasteiger partial charge in [-0.25, -0.2) is 17.5 Å². The molecule has 0 fully saturated rings. The molecule has 0 saturated carbocycles. The van der Waals surface area contributed by atoms with E-state index in [0.717, 1.165) is 10.4 Å². The number of rotatable bonds is 5. The van der Waals surface area contributed by atoms with Gasteiger partial charge in [0.05, 0.1) is 4.90 Å². The number of terminal acetylenes is 1. The Morgan fingerprint density at radius 2 is 2.11 bits per heavy atom. The van der Waals surface area contributed by atoms with Crippen LogP contribution in [0.15, 0.2) is 23.1 Å². The van der Waals surface area contributed by atoms with Gasteiger partial charge in [-0.05, 0) is 18.2 Å². The molecule has 0 unspecified atom stereocenters. The highest BCUT2D eigenvalue weighted by atomic mass is 32.2. The number of aromatic carboxylic acids is 1. The fourth-order valence-corrected chi connectivity index (χ4v) is 2.22. The lowest BCUT2D eigenvalue weighted by atomic mass is 10.2. The molecule has 1 N–H and O–H groups in total. The lowest BCUT2D eigenvalue weighted by Crippen LogP contribution is -2.22. The zero-order chi connectivity index (χ0) is 14.6. The first-order valence-electron chi connectivity index (χ1n) is 5.17. The van der Waals surface area contributed by atoms with Gasteiger partial charge in [-0.3, -0.25) is 0 Å². The summed E-state index contributed by atoms with van der Waals surface area (Å²) in [6.07, 6.45) is 5.02. The average Bonchev–Trinajstić information content (AvgIpc) is 2.35. The number of benzene rings is 1. The molecular weight excluding hydrogens is 270 g/mol. The standard InChI is InChI=1S/C12H13NO5S/c1-4-7-18-11-6-5-9(8-10(11)12(14)15)19(16,17)13(2)3/h1,5-6,8H,7H2,2-3H3,(H,14,15). The molecule has 1 aromatic rings. The number of hydrogen-bond acceptors (Lipinski definition) is 4. The maximum absolute atomic E-state index is 11.9. The van der Waals surface area contributed by atoms with E-state index in [9.17, 15) is 13.2 Å². The minimum Gasteiger partial charge on any atom is -0.480 e. The van der Waals surface area contributed by atoms with Crippen LogP contribution in [0.5, 0.6) is 5.75 Å². The second kappa shape index (κ2) is 5.73. The van der Waals surface area contributed by atoms with E-state index in [4.69, 9.17) is 16.3 Å². The van der Waals surface area contributed by atoms with Crippen LogP contribution in [0.25, 0.3) is 0 Å². The van der Waals surface area contributed by atoms with Crippen molar-refractivity contribution in [2.45, 2.75) is 4.90 Å². The smallest absolute Gasteiger partial charge is 0.339 e. The van der Waals surface area contributed by atoms with E-state index in [0.29, 0.717) is 0 Å². The fraction of sp³-hybridized carbons (Fsp3) is 0.250. The number of nitrogens with zero attached hydrogens (tertiary/aromatic N) is 1. The maximum Gasteiger partial charge on any atom is 0.339 e. The fourth-order valence-electron chi connectivity index (χ4n) is 1.29. The Balaban J connectivity index is 3.33. The van der Waals surface area contributed by atoms with Gasteiger partial charge in [0.2, 0.25) is 10.0 Å². The first-order valence-corrected chi connectivity index (χ1v) is 6.61. The zero-order valence-corrected chi connectivity index (χ0v) is 11.3. The van der Waals surface area contributed by atoms with Gasteiger partial charge in [0.25, 0.3) is 0 Å². The molecule has 0 spiro atoms. The summed E-state index contributed by atoms with van der Waals surface area (Å²) in [5.41, 5.74) is -0.252. The van der Waals surface area contributed by atoms with Gasteiger partial charge in [0, 0.05) is 14.1 Å². The molecule has 0 saturated heterocycles. The summed E-state index contributed by atoms with van der Waals surface area (Å²) in [5.74, 6) is 0.945. The predicted octanol–water partition coefficient (Wildman–Crippen LogP) is 0.647. The van der Waals surface area contributed by atoms with Gasteiger partial charge in [-0.2, -0.15) is 0 Å². The van der Waals surface area contributed by atoms with E-state index in [1.165, 1.54) is 26.2 Å². The topological polar surface area (TPSA) is 83.9 Å². The van der Waals surface area contributed by atoms with Gasteiger partial charge in [0.1, 0.15) is 17.9 Å². The minimum atomic E-state index is -3.70. The number of ether oxygens (including phenoxy) is 1. The van der Waals surface area contributed by atoms with Crippen LogP contribution < -0.4 is 4.74 Å². The maximum atomic E-state index is 11.9. The van der Waals surface area contributed by atoms with Gasteiger partial charge >= 0.3 is 5.97 Å². The first kappa shape index (κ1) is 15.0. The van der Waals surface area contributed by atoms with Crippen LogP contribution in [0.2, 0.25) is 0 Å². The molecule has 7 heteroatoms. The Labute approximate surface area is 111 Å². The predicted molar refractivity (Wildman–Crippen MR) is 68.6 cm³/mol. The molecule has 0 amide bonds. The first-order chi connectivity index (χ1) is 8.80. The van der Waals surface area contributed by atoms with Crippen molar-refractivity contribution in [1.29, 1.82) is 0 Å². The Hall–Kier alpha value is -2.04. The molecule has 1 aromatic carbocycles. The monoisotopic (exact) mass is 283 g/mol. The van der Waals surface area contributed by atoms with Crippen LogP contribution in [0.3, 0.4) is 0 Å². The molecular formula is C12H13NO5S. The normalized spacial score (nSPS) is 11.1. The van der Waals surface area contributed by atoms with Gasteiger partial charge in [0.15, 0.2) is 0 Å². The van der Waals surface area contributed by atoms with Crippen LogP contribution in [0, 0.1) is 12.3 Å². The van der Waals surface area contributed by atoms with E-state index >= 15 is 0 Å². The van der Waals surface area contributed by atoms with E-state index in [1.54, 1.807) is 0 Å². The highest BCUT2D eigenvalue weighted by molar-refractivity contribution is 7.89.